The topological polar surface area (TPSA) is 75.3 Å². The number of rotatable bonds is 7. The highest BCUT2D eigenvalue weighted by Crippen LogP contribution is 2.58. The third kappa shape index (κ3) is 5.30. The average molecular weight is 719 g/mol. The van der Waals surface area contributed by atoms with Crippen molar-refractivity contribution in [3.63, 3.8) is 0 Å². The predicted molar refractivity (Wildman–Crippen MR) is 189 cm³/mol. The molecule has 1 fully saturated rings. The molecule has 0 N–H and O–H groups in total. The number of para-hydroxylation sites is 1. The Bertz CT molecular complexity index is 2000. The maximum absolute atomic E-state index is 6.97. The van der Waals surface area contributed by atoms with Gasteiger partial charge < -0.3 is 23.3 Å². The first-order valence-corrected chi connectivity index (χ1v) is 18.4. The molecule has 3 aromatic carbocycles. The van der Waals surface area contributed by atoms with E-state index in [9.17, 15) is 0 Å². The molecular formula is C34H33BrN5O4PS. The third-order valence-corrected chi connectivity index (χ3v) is 12.8. The highest BCUT2D eigenvalue weighted by molar-refractivity contribution is 9.10. The van der Waals surface area contributed by atoms with Gasteiger partial charge in [0, 0.05) is 45.8 Å². The summed E-state index contributed by atoms with van der Waals surface area (Å²) in [6.45, 7) is 6.66. The number of aryl methyl sites for hydroxylation is 1. The molecule has 0 bridgehead atoms. The number of halogens is 1. The van der Waals surface area contributed by atoms with Gasteiger partial charge in [-0.25, -0.2) is 9.35 Å². The molecule has 0 radical (unpaired) electrons. The lowest BCUT2D eigenvalue weighted by atomic mass is 10.1. The maximum Gasteiger partial charge on any atom is 0.228 e. The zero-order valence-corrected chi connectivity index (χ0v) is 29.2. The van der Waals surface area contributed by atoms with Crippen molar-refractivity contribution in [2.24, 2.45) is 4.99 Å². The van der Waals surface area contributed by atoms with Gasteiger partial charge in [-0.05, 0) is 86.3 Å². The lowest BCUT2D eigenvalue weighted by Gasteiger charge is -2.38. The smallest absolute Gasteiger partial charge is 0.228 e. The number of aromatic nitrogens is 3. The Hall–Kier alpha value is -3.73. The summed E-state index contributed by atoms with van der Waals surface area (Å²) in [5.41, 5.74) is 6.59. The molecule has 0 amide bonds. The Balaban J connectivity index is 1.50. The van der Waals surface area contributed by atoms with E-state index in [0.29, 0.717) is 49.5 Å². The normalized spacial score (nSPS) is 18.1. The lowest BCUT2D eigenvalue weighted by Crippen LogP contribution is -2.39. The summed E-state index contributed by atoms with van der Waals surface area (Å²) >= 11 is 10.3. The van der Waals surface area contributed by atoms with Crippen LogP contribution < -0.4 is 14.8 Å². The van der Waals surface area contributed by atoms with E-state index in [2.05, 4.69) is 69.3 Å². The summed E-state index contributed by atoms with van der Waals surface area (Å²) in [6, 6.07) is 26.2. The molecule has 2 aliphatic heterocycles. The number of benzene rings is 3. The Kier molecular flexibility index (Phi) is 8.37. The van der Waals surface area contributed by atoms with Gasteiger partial charge in [-0.15, -0.1) is 0 Å². The Morgan fingerprint density at radius 2 is 1.59 bits per heavy atom. The minimum absolute atomic E-state index is 0.423. The van der Waals surface area contributed by atoms with Gasteiger partial charge in [-0.1, -0.05) is 34.1 Å². The van der Waals surface area contributed by atoms with Crippen LogP contribution in [0.15, 0.2) is 88.3 Å². The van der Waals surface area contributed by atoms with Crippen molar-refractivity contribution >= 4 is 51.2 Å². The summed E-state index contributed by atoms with van der Waals surface area (Å²) in [6.07, 6.45) is -2.96. The largest absolute Gasteiger partial charge is 0.493 e. The van der Waals surface area contributed by atoms with Crippen molar-refractivity contribution in [3.05, 3.63) is 100 Å². The van der Waals surface area contributed by atoms with Gasteiger partial charge >= 0.3 is 0 Å². The van der Waals surface area contributed by atoms with E-state index in [1.165, 1.54) is 0 Å². The Labute approximate surface area is 281 Å². The molecule has 2 aromatic heterocycles. The molecule has 4 heterocycles. The second-order valence-corrected chi connectivity index (χ2v) is 15.7. The zero-order valence-electron chi connectivity index (χ0n) is 25.9. The molecule has 1 atom stereocenters. The summed E-state index contributed by atoms with van der Waals surface area (Å²) in [4.78, 5) is 5.18. The van der Waals surface area contributed by atoms with Crippen molar-refractivity contribution in [3.8, 4) is 34.1 Å². The van der Waals surface area contributed by atoms with E-state index < -0.39 is 6.42 Å². The molecule has 0 spiro atoms. The van der Waals surface area contributed by atoms with E-state index >= 15 is 0 Å². The molecule has 236 valence electrons. The van der Waals surface area contributed by atoms with Gasteiger partial charge in [0.25, 0.3) is 0 Å². The van der Waals surface area contributed by atoms with Crippen LogP contribution in [0.1, 0.15) is 17.0 Å². The van der Waals surface area contributed by atoms with Crippen molar-refractivity contribution in [2.45, 2.75) is 13.8 Å². The number of methoxy groups -OCH3 is 2. The standard InChI is InChI=1S/C34H33BrN5O4PS/c1-22-20-28(23(2)39(22)26-13-11-25(35)12-14-26)31-32-33(40(37-31)27-8-6-5-7-9-27)36-34(24-10-15-29(41-3)30(21-24)42-4)44-45(32,46)38-16-18-43-19-17-38/h5-15,20-21H,16-19H2,1-4H3. The molecule has 0 saturated carbocycles. The van der Waals surface area contributed by atoms with Crippen molar-refractivity contribution in [1.29, 1.82) is 0 Å². The fourth-order valence-corrected chi connectivity index (χ4v) is 9.93. The minimum Gasteiger partial charge on any atom is -0.493 e. The van der Waals surface area contributed by atoms with Crippen LogP contribution in [-0.4, -0.2) is 65.4 Å². The van der Waals surface area contributed by atoms with Crippen molar-refractivity contribution in [1.82, 2.24) is 19.0 Å². The van der Waals surface area contributed by atoms with Crippen LogP contribution >= 0.6 is 22.3 Å². The molecular weight excluding hydrogens is 685 g/mol. The van der Waals surface area contributed by atoms with Gasteiger partial charge in [-0.3, -0.25) is 0 Å². The van der Waals surface area contributed by atoms with Crippen LogP contribution in [0.5, 0.6) is 11.5 Å². The van der Waals surface area contributed by atoms with Crippen molar-refractivity contribution in [2.75, 3.05) is 40.5 Å². The third-order valence-electron chi connectivity index (χ3n) is 8.30. The van der Waals surface area contributed by atoms with Crippen LogP contribution in [0, 0.1) is 13.8 Å². The van der Waals surface area contributed by atoms with Crippen LogP contribution in [0.4, 0.5) is 5.82 Å². The Morgan fingerprint density at radius 1 is 0.870 bits per heavy atom. The fourth-order valence-electron chi connectivity index (χ4n) is 6.06. The molecule has 1 saturated heterocycles. The number of ether oxygens (including phenoxy) is 3. The molecule has 5 aromatic rings. The molecule has 12 heteroatoms. The quantitative estimate of drug-likeness (QED) is 0.166. The van der Waals surface area contributed by atoms with Crippen LogP contribution in [0.3, 0.4) is 0 Å². The van der Waals surface area contributed by atoms with E-state index in [1.54, 1.807) is 14.2 Å². The first-order valence-electron chi connectivity index (χ1n) is 14.9. The van der Waals surface area contributed by atoms with Crippen molar-refractivity contribution < 1.29 is 18.7 Å². The number of aliphatic imine (C=N–C) groups is 1. The van der Waals surface area contributed by atoms with Crippen LogP contribution in [0.2, 0.25) is 0 Å². The summed E-state index contributed by atoms with van der Waals surface area (Å²) in [5, 5.41) is 6.14. The SMILES string of the molecule is COc1ccc(C2=Nc3c(c(-c4cc(C)n(-c5ccc(Br)cc5)c4C)nn3-c3ccccc3)P(=S)(N3CCOCC3)O2)cc1OC. The molecule has 7 rings (SSSR count). The maximum atomic E-state index is 6.97. The number of nitrogens with zero attached hydrogens (tertiary/aromatic N) is 5. The van der Waals surface area contributed by atoms with Gasteiger partial charge in [0.15, 0.2) is 17.3 Å². The van der Waals surface area contributed by atoms with E-state index in [4.69, 9.17) is 40.6 Å². The second kappa shape index (κ2) is 12.5. The highest BCUT2D eigenvalue weighted by atomic mass is 79.9. The lowest BCUT2D eigenvalue weighted by molar-refractivity contribution is 0.0723. The van der Waals surface area contributed by atoms with E-state index in [0.717, 1.165) is 49.4 Å². The molecule has 9 nitrogen and oxygen atoms in total. The molecule has 2 aliphatic rings. The van der Waals surface area contributed by atoms with E-state index in [-0.39, 0.29) is 0 Å². The van der Waals surface area contributed by atoms with Gasteiger partial charge in [-0.2, -0.15) is 10.1 Å². The monoisotopic (exact) mass is 717 g/mol. The number of morpholine rings is 1. The number of hydrogen-bond acceptors (Lipinski definition) is 7. The first kappa shape index (κ1) is 30.9. The first-order chi connectivity index (χ1) is 22.3. The summed E-state index contributed by atoms with van der Waals surface area (Å²) in [7, 11) is 3.23. The predicted octanol–water partition coefficient (Wildman–Crippen LogP) is 7.10. The van der Waals surface area contributed by atoms with Crippen LogP contribution in [-0.2, 0) is 21.1 Å². The van der Waals surface area contributed by atoms with Gasteiger partial charge in [0.1, 0.15) is 11.0 Å². The van der Waals surface area contributed by atoms with Gasteiger partial charge in [0.05, 0.1) is 33.1 Å². The highest BCUT2D eigenvalue weighted by Gasteiger charge is 2.44. The number of hydrogen-bond donors (Lipinski definition) is 0. The molecule has 1 unspecified atom stereocenters. The Morgan fingerprint density at radius 3 is 2.28 bits per heavy atom. The fraction of sp³-hybridized carbons (Fsp3) is 0.235. The minimum atomic E-state index is -2.96. The second-order valence-electron chi connectivity index (χ2n) is 11.0. The molecule has 46 heavy (non-hydrogen) atoms. The summed E-state index contributed by atoms with van der Waals surface area (Å²) < 4.78 is 31.3. The zero-order chi connectivity index (χ0) is 32.0. The average Bonchev–Trinajstić information content (AvgIpc) is 3.62. The summed E-state index contributed by atoms with van der Waals surface area (Å²) in [5.74, 6) is 2.29. The van der Waals surface area contributed by atoms with E-state index in [1.807, 2.05) is 53.2 Å². The number of fused-ring (bicyclic) bond motifs is 1. The van der Waals surface area contributed by atoms with Crippen LogP contribution in [0.25, 0.3) is 22.6 Å². The molecule has 0 aliphatic carbocycles. The van der Waals surface area contributed by atoms with Gasteiger partial charge in [0.2, 0.25) is 12.3 Å².